The molecular weight excluding hydrogens is 485 g/mol. The molecule has 0 unspecified atom stereocenters. The fourth-order valence-electron chi connectivity index (χ4n) is 3.47. The molecule has 0 saturated carbocycles. The monoisotopic (exact) mass is 509 g/mol. The fourth-order valence-corrected chi connectivity index (χ4v) is 4.16. The minimum Gasteiger partial charge on any atom is -0.497 e. The summed E-state index contributed by atoms with van der Waals surface area (Å²) in [6.07, 6.45) is 0. The van der Waals surface area contributed by atoms with Crippen molar-refractivity contribution in [3.05, 3.63) is 52.6 Å². The molecule has 188 valence electrons. The van der Waals surface area contributed by atoms with Crippen LogP contribution in [0.15, 0.2) is 35.2 Å². The molecule has 0 radical (unpaired) electrons. The van der Waals surface area contributed by atoms with Crippen LogP contribution in [0.25, 0.3) is 0 Å². The number of hydrazine groups is 1. The third-order valence-electron chi connectivity index (χ3n) is 5.15. The number of carbonyl (C=O) groups is 2. The van der Waals surface area contributed by atoms with E-state index in [9.17, 15) is 29.0 Å². The van der Waals surface area contributed by atoms with Crippen LogP contribution in [0.2, 0.25) is 0 Å². The summed E-state index contributed by atoms with van der Waals surface area (Å²) in [6.45, 7) is 2.07. The third kappa shape index (κ3) is 5.77. The van der Waals surface area contributed by atoms with Crippen molar-refractivity contribution in [2.45, 2.75) is 24.9 Å². The number of amides is 1. The van der Waals surface area contributed by atoms with Crippen LogP contribution in [0, 0.1) is 0 Å². The maximum Gasteiger partial charge on any atom is 0.310 e. The van der Waals surface area contributed by atoms with E-state index < -0.39 is 38.8 Å². The Morgan fingerprint density at radius 3 is 2.38 bits per heavy atom. The Labute approximate surface area is 192 Å². The van der Waals surface area contributed by atoms with Gasteiger partial charge >= 0.3 is 10.2 Å². The molecule has 1 amide bonds. The molecule has 0 bridgehead atoms. The van der Waals surface area contributed by atoms with Gasteiger partial charge in [-0.2, -0.15) is 0 Å². The zero-order valence-corrected chi connectivity index (χ0v) is 19.4. The van der Waals surface area contributed by atoms with Gasteiger partial charge in [0.25, 0.3) is 5.91 Å². The summed E-state index contributed by atoms with van der Waals surface area (Å²) in [6, 6.07) is 4.63. The zero-order valence-electron chi connectivity index (χ0n) is 18.6. The van der Waals surface area contributed by atoms with Crippen LogP contribution in [0.3, 0.4) is 0 Å². The third-order valence-corrected chi connectivity index (χ3v) is 6.27. The van der Waals surface area contributed by atoms with E-state index in [-0.39, 0.29) is 31.1 Å². The van der Waals surface area contributed by atoms with Gasteiger partial charge in [-0.1, -0.05) is 19.4 Å². The van der Waals surface area contributed by atoms with Gasteiger partial charge in [0, 0.05) is 31.8 Å². The number of benzene rings is 2. The van der Waals surface area contributed by atoms with Crippen LogP contribution in [0.1, 0.15) is 38.8 Å². The number of rotatable bonds is 8. The normalized spacial score (nSPS) is 16.1. The van der Waals surface area contributed by atoms with Crippen molar-refractivity contribution in [1.82, 2.24) is 15.8 Å². The Morgan fingerprint density at radius 1 is 1.09 bits per heavy atom. The lowest BCUT2D eigenvalue weighted by Crippen LogP contribution is -2.44. The highest BCUT2D eigenvalue weighted by Gasteiger charge is 2.65. The second-order valence-corrected chi connectivity index (χ2v) is 10.0. The molecule has 13 heteroatoms. The molecule has 1 aliphatic rings. The Balaban J connectivity index is 1.86. The first-order valence-corrected chi connectivity index (χ1v) is 12.1. The summed E-state index contributed by atoms with van der Waals surface area (Å²) < 4.78 is 76.8. The molecule has 0 saturated heterocycles. The van der Waals surface area contributed by atoms with E-state index in [0.29, 0.717) is 17.9 Å². The van der Waals surface area contributed by atoms with Gasteiger partial charge in [0.1, 0.15) is 16.4 Å². The molecule has 2 aromatic rings. The van der Waals surface area contributed by atoms with Gasteiger partial charge in [-0.15, -0.1) is 0 Å². The second-order valence-electron chi connectivity index (χ2n) is 7.61. The number of Topliss-reactive ketones (excluding diaryl/α,β-unsaturated/α-hetero) is 1. The topological polar surface area (TPSA) is 79.9 Å². The molecule has 1 aliphatic heterocycles. The number of ether oxygens (including phenoxy) is 2. The number of hydrogen-bond acceptors (Lipinski definition) is 6. The maximum absolute atomic E-state index is 13.3. The van der Waals surface area contributed by atoms with Crippen molar-refractivity contribution in [2.24, 2.45) is 0 Å². The molecule has 0 fully saturated rings. The summed E-state index contributed by atoms with van der Waals surface area (Å²) in [7, 11) is -7.51. The first kappa shape index (κ1) is 25.7. The number of fused-ring (bicyclic) bond motifs is 1. The van der Waals surface area contributed by atoms with Crippen LogP contribution < -0.4 is 20.2 Å². The molecule has 34 heavy (non-hydrogen) atoms. The van der Waals surface area contributed by atoms with E-state index in [1.54, 1.807) is 19.1 Å². The van der Waals surface area contributed by atoms with E-state index in [1.807, 2.05) is 0 Å². The number of methoxy groups -OCH3 is 1. The van der Waals surface area contributed by atoms with Gasteiger partial charge in [0.05, 0.1) is 25.8 Å². The van der Waals surface area contributed by atoms with Crippen LogP contribution in [-0.2, 0) is 13.1 Å². The predicted octanol–water partition coefficient (Wildman–Crippen LogP) is 4.81. The van der Waals surface area contributed by atoms with Crippen LogP contribution in [0.4, 0.5) is 19.4 Å². The molecule has 1 heterocycles. The van der Waals surface area contributed by atoms with E-state index in [0.717, 1.165) is 24.3 Å². The predicted molar refractivity (Wildman–Crippen MR) is 117 cm³/mol. The number of nitrogens with zero attached hydrogens (tertiary/aromatic N) is 1. The highest BCUT2D eigenvalue weighted by molar-refractivity contribution is 8.45. The summed E-state index contributed by atoms with van der Waals surface area (Å²) in [5.41, 5.74) is 4.24. The van der Waals surface area contributed by atoms with Crippen molar-refractivity contribution in [2.75, 3.05) is 27.3 Å². The van der Waals surface area contributed by atoms with Gasteiger partial charge < -0.3 is 14.8 Å². The largest absolute Gasteiger partial charge is 0.497 e. The van der Waals surface area contributed by atoms with E-state index in [2.05, 4.69) is 10.7 Å². The Morgan fingerprint density at radius 2 is 1.79 bits per heavy atom. The highest BCUT2D eigenvalue weighted by Crippen LogP contribution is 3.02. The maximum atomic E-state index is 13.3. The van der Waals surface area contributed by atoms with Crippen molar-refractivity contribution in [3.63, 3.8) is 0 Å². The van der Waals surface area contributed by atoms with E-state index in [4.69, 9.17) is 9.47 Å². The minimum atomic E-state index is -10.0. The van der Waals surface area contributed by atoms with E-state index in [1.165, 1.54) is 12.1 Å². The van der Waals surface area contributed by atoms with Crippen molar-refractivity contribution >= 4 is 21.9 Å². The molecule has 7 nitrogen and oxygen atoms in total. The van der Waals surface area contributed by atoms with Crippen LogP contribution in [0.5, 0.6) is 11.5 Å². The van der Waals surface area contributed by atoms with Gasteiger partial charge in [0.15, 0.2) is 5.78 Å². The second kappa shape index (κ2) is 8.40. The van der Waals surface area contributed by atoms with Gasteiger partial charge in [-0.3, -0.25) is 15.0 Å². The molecule has 2 aromatic carbocycles. The SMILES string of the molecule is CCOc1cc2c(cc1C(=O)NC)CNN(CC(=O)c1cc(OC)cc(S(F)(F)(F)(F)F)c1)C2. The summed E-state index contributed by atoms with van der Waals surface area (Å²) in [5.74, 6) is -1.30. The standard InChI is InChI=1S/C21H24F5N3O4S/c1-4-33-20-8-15-11-29(28-10-14(15)7-18(20)21(31)27-2)12-19(30)13-5-16(32-3)9-17(6-13)34(22,23,24,25)26/h5-9,28H,4,10-12H2,1-3H3,(H,27,31). The average molecular weight is 509 g/mol. The Bertz CT molecular complexity index is 1140. The quantitative estimate of drug-likeness (QED) is 0.393. The van der Waals surface area contributed by atoms with Crippen molar-refractivity contribution in [3.8, 4) is 11.5 Å². The van der Waals surface area contributed by atoms with Crippen LogP contribution >= 0.6 is 10.2 Å². The molecule has 3 rings (SSSR count). The molecule has 0 aromatic heterocycles. The number of hydrogen-bond donors (Lipinski definition) is 2. The van der Waals surface area contributed by atoms with Crippen molar-refractivity contribution < 1.29 is 38.5 Å². The minimum absolute atomic E-state index is 0.146. The van der Waals surface area contributed by atoms with Crippen LogP contribution in [-0.4, -0.2) is 44.0 Å². The first-order chi connectivity index (χ1) is 15.6. The number of halogens is 5. The number of carbonyl (C=O) groups excluding carboxylic acids is 2. The van der Waals surface area contributed by atoms with Gasteiger partial charge in [0.2, 0.25) is 0 Å². The lowest BCUT2D eigenvalue weighted by Gasteiger charge is -2.40. The number of nitrogens with one attached hydrogen (secondary N) is 2. The fraction of sp³-hybridized carbons (Fsp3) is 0.333. The molecule has 0 atom stereocenters. The van der Waals surface area contributed by atoms with E-state index >= 15 is 0 Å². The van der Waals surface area contributed by atoms with Gasteiger partial charge in [-0.05, 0) is 42.3 Å². The summed E-state index contributed by atoms with van der Waals surface area (Å²) in [4.78, 5) is 22.7. The number of ketones is 1. The molecular formula is C21H24F5N3O4S. The lowest BCUT2D eigenvalue weighted by molar-refractivity contribution is 0.0847. The van der Waals surface area contributed by atoms with Gasteiger partial charge in [-0.25, -0.2) is 5.01 Å². The summed E-state index contributed by atoms with van der Waals surface area (Å²) >= 11 is 0. The Hall–Kier alpha value is -2.90. The molecule has 0 aliphatic carbocycles. The Kier molecular flexibility index (Phi) is 6.35. The zero-order chi connectivity index (χ0) is 25.4. The summed E-state index contributed by atoms with van der Waals surface area (Å²) in [5, 5.41) is 3.98. The lowest BCUT2D eigenvalue weighted by atomic mass is 10.00. The molecule has 2 N–H and O–H groups in total. The molecule has 0 spiro atoms. The first-order valence-electron chi connectivity index (χ1n) is 10.1. The average Bonchev–Trinajstić information content (AvgIpc) is 2.76. The van der Waals surface area contributed by atoms with Crippen molar-refractivity contribution in [1.29, 1.82) is 0 Å². The smallest absolute Gasteiger partial charge is 0.310 e. The highest BCUT2D eigenvalue weighted by atomic mass is 32.5.